The predicted molar refractivity (Wildman–Crippen MR) is 65.8 cm³/mol. The second kappa shape index (κ2) is 5.21. The van der Waals surface area contributed by atoms with Crippen molar-refractivity contribution in [2.45, 2.75) is 32.8 Å². The molecule has 1 aromatic rings. The third-order valence-electron chi connectivity index (χ3n) is 2.93. The SMILES string of the molecule is CCOC(=O)C(C)Oc1ccc2c(c1)CCC2=O. The van der Waals surface area contributed by atoms with Gasteiger partial charge in [-0.2, -0.15) is 0 Å². The molecule has 0 radical (unpaired) electrons. The smallest absolute Gasteiger partial charge is 0.347 e. The van der Waals surface area contributed by atoms with Crippen molar-refractivity contribution >= 4 is 11.8 Å². The third-order valence-corrected chi connectivity index (χ3v) is 2.93. The van der Waals surface area contributed by atoms with Crippen molar-refractivity contribution < 1.29 is 19.1 Å². The van der Waals surface area contributed by atoms with Gasteiger partial charge >= 0.3 is 5.97 Å². The molecule has 0 bridgehead atoms. The fraction of sp³-hybridized carbons (Fsp3) is 0.429. The molecular formula is C14H16O4. The van der Waals surface area contributed by atoms with E-state index in [1.807, 2.05) is 6.07 Å². The average molecular weight is 248 g/mol. The lowest BCUT2D eigenvalue weighted by atomic mass is 10.1. The monoisotopic (exact) mass is 248 g/mol. The van der Waals surface area contributed by atoms with Crippen LogP contribution >= 0.6 is 0 Å². The van der Waals surface area contributed by atoms with Crippen molar-refractivity contribution in [1.29, 1.82) is 0 Å². The van der Waals surface area contributed by atoms with Gasteiger partial charge in [0, 0.05) is 12.0 Å². The Balaban J connectivity index is 2.07. The summed E-state index contributed by atoms with van der Waals surface area (Å²) in [5.74, 6) is 0.396. The van der Waals surface area contributed by atoms with Gasteiger partial charge in [0.15, 0.2) is 11.9 Å². The Hall–Kier alpha value is -1.84. The molecule has 0 spiro atoms. The standard InChI is InChI=1S/C14H16O4/c1-3-17-14(16)9(2)18-11-5-6-12-10(8-11)4-7-13(12)15/h5-6,8-9H,3-4,7H2,1-2H3. The number of esters is 1. The highest BCUT2D eigenvalue weighted by molar-refractivity contribution is 6.00. The summed E-state index contributed by atoms with van der Waals surface area (Å²) in [5, 5.41) is 0. The summed E-state index contributed by atoms with van der Waals surface area (Å²) in [6, 6.07) is 5.31. The summed E-state index contributed by atoms with van der Waals surface area (Å²) in [5.41, 5.74) is 1.76. The van der Waals surface area contributed by atoms with Crippen LogP contribution in [0.3, 0.4) is 0 Å². The minimum Gasteiger partial charge on any atom is -0.479 e. The molecule has 0 aliphatic heterocycles. The number of benzene rings is 1. The number of ketones is 1. The fourth-order valence-corrected chi connectivity index (χ4v) is 2.02. The molecule has 0 amide bonds. The molecule has 1 unspecified atom stereocenters. The Kier molecular flexibility index (Phi) is 3.65. The van der Waals surface area contributed by atoms with Gasteiger partial charge in [0.2, 0.25) is 0 Å². The topological polar surface area (TPSA) is 52.6 Å². The minimum atomic E-state index is -0.639. The summed E-state index contributed by atoms with van der Waals surface area (Å²) < 4.78 is 10.4. The Morgan fingerprint density at radius 3 is 2.89 bits per heavy atom. The first-order valence-electron chi connectivity index (χ1n) is 6.11. The summed E-state index contributed by atoms with van der Waals surface area (Å²) in [4.78, 5) is 22.9. The zero-order valence-corrected chi connectivity index (χ0v) is 10.6. The van der Waals surface area contributed by atoms with Crippen LogP contribution in [0.4, 0.5) is 0 Å². The normalized spacial score (nSPS) is 15.1. The van der Waals surface area contributed by atoms with Gasteiger partial charge in [-0.25, -0.2) is 4.79 Å². The zero-order chi connectivity index (χ0) is 13.1. The number of carbonyl (C=O) groups is 2. The average Bonchev–Trinajstić information content (AvgIpc) is 2.71. The van der Waals surface area contributed by atoms with Crippen molar-refractivity contribution in [1.82, 2.24) is 0 Å². The van der Waals surface area contributed by atoms with Crippen molar-refractivity contribution in [3.8, 4) is 5.75 Å². The van der Waals surface area contributed by atoms with Crippen LogP contribution in [0.25, 0.3) is 0 Å². The molecule has 96 valence electrons. The van der Waals surface area contributed by atoms with Gasteiger partial charge in [-0.15, -0.1) is 0 Å². The molecular weight excluding hydrogens is 232 g/mol. The highest BCUT2D eigenvalue weighted by Gasteiger charge is 2.21. The van der Waals surface area contributed by atoms with E-state index in [0.29, 0.717) is 18.8 Å². The Morgan fingerprint density at radius 2 is 2.17 bits per heavy atom. The number of fused-ring (bicyclic) bond motifs is 1. The minimum absolute atomic E-state index is 0.176. The van der Waals surface area contributed by atoms with Crippen LogP contribution in [0.5, 0.6) is 5.75 Å². The number of carbonyl (C=O) groups excluding carboxylic acids is 2. The lowest BCUT2D eigenvalue weighted by Gasteiger charge is -2.13. The highest BCUT2D eigenvalue weighted by Crippen LogP contribution is 2.26. The first-order valence-corrected chi connectivity index (χ1v) is 6.11. The summed E-state index contributed by atoms with van der Waals surface area (Å²) in [6.07, 6.45) is 0.672. The molecule has 1 aromatic carbocycles. The Morgan fingerprint density at radius 1 is 1.39 bits per heavy atom. The quantitative estimate of drug-likeness (QED) is 0.766. The van der Waals surface area contributed by atoms with E-state index < -0.39 is 6.10 Å². The van der Waals surface area contributed by atoms with E-state index in [1.165, 1.54) is 0 Å². The van der Waals surface area contributed by atoms with E-state index in [1.54, 1.807) is 26.0 Å². The van der Waals surface area contributed by atoms with Gasteiger partial charge in [0.05, 0.1) is 6.61 Å². The summed E-state index contributed by atoms with van der Waals surface area (Å²) >= 11 is 0. The Labute approximate surface area is 106 Å². The van der Waals surface area contributed by atoms with E-state index in [0.717, 1.165) is 17.5 Å². The van der Waals surface area contributed by atoms with Gasteiger partial charge in [0.1, 0.15) is 5.75 Å². The number of Topliss-reactive ketones (excluding diaryl/α,β-unsaturated/α-hetero) is 1. The highest BCUT2D eigenvalue weighted by atomic mass is 16.6. The van der Waals surface area contributed by atoms with Crippen LogP contribution < -0.4 is 4.74 Å². The second-order valence-corrected chi connectivity index (χ2v) is 4.25. The van der Waals surface area contributed by atoms with Crippen molar-refractivity contribution in [3.05, 3.63) is 29.3 Å². The van der Waals surface area contributed by atoms with E-state index in [2.05, 4.69) is 0 Å². The van der Waals surface area contributed by atoms with Crippen LogP contribution in [-0.4, -0.2) is 24.5 Å². The first-order chi connectivity index (χ1) is 8.61. The largest absolute Gasteiger partial charge is 0.479 e. The maximum atomic E-state index is 11.5. The summed E-state index contributed by atoms with van der Waals surface area (Å²) in [7, 11) is 0. The number of hydrogen-bond acceptors (Lipinski definition) is 4. The number of rotatable bonds is 4. The first kappa shape index (κ1) is 12.6. The number of hydrogen-bond donors (Lipinski definition) is 0. The van der Waals surface area contributed by atoms with Gasteiger partial charge in [-0.05, 0) is 44.0 Å². The zero-order valence-electron chi connectivity index (χ0n) is 10.6. The molecule has 18 heavy (non-hydrogen) atoms. The van der Waals surface area contributed by atoms with Crippen molar-refractivity contribution in [2.75, 3.05) is 6.61 Å². The van der Waals surface area contributed by atoms with E-state index >= 15 is 0 Å². The molecule has 0 heterocycles. The molecule has 4 heteroatoms. The van der Waals surface area contributed by atoms with Gasteiger partial charge in [-0.1, -0.05) is 0 Å². The maximum absolute atomic E-state index is 11.5. The molecule has 0 fully saturated rings. The molecule has 1 aliphatic rings. The molecule has 0 saturated heterocycles. The lowest BCUT2D eigenvalue weighted by molar-refractivity contribution is -0.150. The second-order valence-electron chi connectivity index (χ2n) is 4.25. The third kappa shape index (κ3) is 2.53. The molecule has 1 atom stereocenters. The van der Waals surface area contributed by atoms with Crippen LogP contribution in [0.2, 0.25) is 0 Å². The molecule has 0 saturated carbocycles. The van der Waals surface area contributed by atoms with Crippen molar-refractivity contribution in [2.24, 2.45) is 0 Å². The predicted octanol–water partition coefficient (Wildman–Crippen LogP) is 2.15. The van der Waals surface area contributed by atoms with Crippen LogP contribution in [0.1, 0.15) is 36.2 Å². The Bertz CT molecular complexity index is 479. The van der Waals surface area contributed by atoms with Gasteiger partial charge in [0.25, 0.3) is 0 Å². The molecule has 0 N–H and O–H groups in total. The van der Waals surface area contributed by atoms with E-state index in [-0.39, 0.29) is 11.8 Å². The lowest BCUT2D eigenvalue weighted by Crippen LogP contribution is -2.26. The fourth-order valence-electron chi connectivity index (χ4n) is 2.02. The van der Waals surface area contributed by atoms with Crippen LogP contribution in [0, 0.1) is 0 Å². The number of ether oxygens (including phenoxy) is 2. The molecule has 4 nitrogen and oxygen atoms in total. The van der Waals surface area contributed by atoms with E-state index in [4.69, 9.17) is 9.47 Å². The molecule has 2 rings (SSSR count). The maximum Gasteiger partial charge on any atom is 0.347 e. The molecule has 0 aromatic heterocycles. The van der Waals surface area contributed by atoms with Crippen LogP contribution in [0.15, 0.2) is 18.2 Å². The summed E-state index contributed by atoms with van der Waals surface area (Å²) in [6.45, 7) is 3.74. The molecule has 1 aliphatic carbocycles. The number of aryl methyl sites for hydroxylation is 1. The van der Waals surface area contributed by atoms with Gasteiger partial charge < -0.3 is 9.47 Å². The van der Waals surface area contributed by atoms with E-state index in [9.17, 15) is 9.59 Å². The van der Waals surface area contributed by atoms with Gasteiger partial charge in [-0.3, -0.25) is 4.79 Å². The van der Waals surface area contributed by atoms with Crippen LogP contribution in [-0.2, 0) is 16.0 Å². The van der Waals surface area contributed by atoms with Crippen molar-refractivity contribution in [3.63, 3.8) is 0 Å².